The van der Waals surface area contributed by atoms with Crippen LogP contribution < -0.4 is 0 Å². The van der Waals surface area contributed by atoms with Crippen LogP contribution in [-0.4, -0.2) is 45.0 Å². The molecule has 6 heteroatoms. The van der Waals surface area contributed by atoms with E-state index in [1.54, 1.807) is 0 Å². The molecule has 0 amide bonds. The zero-order chi connectivity index (χ0) is 6.85. The quantitative estimate of drug-likeness (QED) is 0.542. The van der Waals surface area contributed by atoms with Crippen LogP contribution in [0.1, 0.15) is 6.92 Å². The Hall–Kier alpha value is 0.380. The topological polar surface area (TPSA) is 55.0 Å². The normalized spacial score (nSPS) is 25.8. The molecule has 0 radical (unpaired) electrons. The molecule has 0 aromatic carbocycles. The second-order valence-corrected chi connectivity index (χ2v) is 3.71. The van der Waals surface area contributed by atoms with E-state index in [1.807, 2.05) is 22.6 Å². The van der Waals surface area contributed by atoms with Crippen molar-refractivity contribution >= 4 is 24.7 Å². The maximum atomic E-state index is 11.1. The smallest absolute Gasteiger partial charge is 0.172 e. The average molecular weight is 200 g/mol. The van der Waals surface area contributed by atoms with Crippen LogP contribution in [0.5, 0.6) is 0 Å². The minimum atomic E-state index is -0.839. The molecule has 4 nitrogen and oxygen atoms in total. The van der Waals surface area contributed by atoms with E-state index in [4.69, 9.17) is 0 Å². The molecule has 1 unspecified atom stereocenters. The minimum Gasteiger partial charge on any atom is -0.412 e. The van der Waals surface area contributed by atoms with Gasteiger partial charge < -0.3 is 5.48 Å². The van der Waals surface area contributed by atoms with Crippen LogP contribution in [0.2, 0.25) is 0 Å². The Labute approximate surface area is 77.0 Å². The molecule has 0 saturated carbocycles. The Morgan fingerprint density at radius 2 is 2.00 bits per heavy atom. The van der Waals surface area contributed by atoms with Crippen molar-refractivity contribution in [1.29, 1.82) is 0 Å². The summed E-state index contributed by atoms with van der Waals surface area (Å²) in [6, 6.07) is 0. The van der Waals surface area contributed by atoms with E-state index in [0.717, 1.165) is 19.6 Å². The molecule has 1 saturated heterocycles. The van der Waals surface area contributed by atoms with E-state index in [-0.39, 0.29) is 19.0 Å². The minimum absolute atomic E-state index is 0. The monoisotopic (exact) mass is 200 g/mol. The molecule has 0 bridgehead atoms. The van der Waals surface area contributed by atoms with Crippen LogP contribution in [0.15, 0.2) is 0 Å². The number of likely N-dealkylation sites (N-methyl/N-ethyl adjacent to an activating group) is 2. The SMILES string of the molecule is CCN1CCN(C)S1=O.O.S. The van der Waals surface area contributed by atoms with Gasteiger partial charge in [0, 0.05) is 26.7 Å². The largest absolute Gasteiger partial charge is 0.412 e. The van der Waals surface area contributed by atoms with E-state index in [0.29, 0.717) is 0 Å². The Morgan fingerprint density at radius 1 is 1.45 bits per heavy atom. The van der Waals surface area contributed by atoms with Crippen molar-refractivity contribution in [3.8, 4) is 0 Å². The molecule has 1 atom stereocenters. The molecule has 1 heterocycles. The Kier molecular flexibility index (Phi) is 7.55. The van der Waals surface area contributed by atoms with E-state index in [9.17, 15) is 4.21 Å². The number of nitrogens with zero attached hydrogens (tertiary/aromatic N) is 2. The van der Waals surface area contributed by atoms with Crippen molar-refractivity contribution in [3.63, 3.8) is 0 Å². The van der Waals surface area contributed by atoms with Crippen molar-refractivity contribution in [2.24, 2.45) is 0 Å². The van der Waals surface area contributed by atoms with Crippen molar-refractivity contribution < 1.29 is 9.69 Å². The molecule has 11 heavy (non-hydrogen) atoms. The van der Waals surface area contributed by atoms with Gasteiger partial charge in [-0.1, -0.05) is 6.92 Å². The molecule has 70 valence electrons. The average Bonchev–Trinajstić information content (AvgIpc) is 2.15. The summed E-state index contributed by atoms with van der Waals surface area (Å²) < 4.78 is 14.9. The van der Waals surface area contributed by atoms with Gasteiger partial charge in [-0.05, 0) is 0 Å². The molecule has 2 N–H and O–H groups in total. The zero-order valence-corrected chi connectivity index (χ0v) is 8.65. The number of rotatable bonds is 1. The first kappa shape index (κ1) is 13.9. The van der Waals surface area contributed by atoms with E-state index in [1.165, 1.54) is 0 Å². The summed E-state index contributed by atoms with van der Waals surface area (Å²) in [5, 5.41) is 0. The molecule has 0 aromatic rings. The van der Waals surface area contributed by atoms with Crippen LogP contribution in [0.25, 0.3) is 0 Å². The van der Waals surface area contributed by atoms with Crippen LogP contribution >= 0.6 is 13.5 Å². The zero-order valence-electron chi connectivity index (χ0n) is 6.83. The fourth-order valence-electron chi connectivity index (χ4n) is 0.874. The Morgan fingerprint density at radius 3 is 2.18 bits per heavy atom. The maximum Gasteiger partial charge on any atom is 0.172 e. The maximum absolute atomic E-state index is 11.1. The summed E-state index contributed by atoms with van der Waals surface area (Å²) in [6.07, 6.45) is 0. The van der Waals surface area contributed by atoms with Gasteiger partial charge in [0.25, 0.3) is 0 Å². The summed E-state index contributed by atoms with van der Waals surface area (Å²) in [5.41, 5.74) is 0. The summed E-state index contributed by atoms with van der Waals surface area (Å²) in [7, 11) is 1.88. The fraction of sp³-hybridized carbons (Fsp3) is 1.00. The highest BCUT2D eigenvalue weighted by Gasteiger charge is 2.22. The first-order valence-electron chi connectivity index (χ1n) is 3.13. The molecule has 1 aliphatic heterocycles. The molecule has 1 rings (SSSR count). The Bertz CT molecular complexity index is 134. The second kappa shape index (κ2) is 5.96. The predicted molar refractivity (Wildman–Crippen MR) is 52.0 cm³/mol. The lowest BCUT2D eigenvalue weighted by Gasteiger charge is -2.09. The lowest BCUT2D eigenvalue weighted by Crippen LogP contribution is -2.23. The Balaban J connectivity index is 0. The summed E-state index contributed by atoms with van der Waals surface area (Å²) in [4.78, 5) is 0. The van der Waals surface area contributed by atoms with Crippen molar-refractivity contribution in [3.05, 3.63) is 0 Å². The van der Waals surface area contributed by atoms with Gasteiger partial charge in [-0.25, -0.2) is 12.8 Å². The van der Waals surface area contributed by atoms with Crippen molar-refractivity contribution in [1.82, 2.24) is 8.61 Å². The van der Waals surface area contributed by atoms with Gasteiger partial charge in [0.1, 0.15) is 0 Å². The van der Waals surface area contributed by atoms with E-state index < -0.39 is 11.2 Å². The molecular formula is C5H16N2O2S2. The molecule has 1 fully saturated rings. The highest BCUT2D eigenvalue weighted by molar-refractivity contribution is 7.80. The van der Waals surface area contributed by atoms with Crippen molar-refractivity contribution in [2.45, 2.75) is 6.92 Å². The molecular weight excluding hydrogens is 184 g/mol. The third-order valence-electron chi connectivity index (χ3n) is 1.50. The number of hydrogen-bond donors (Lipinski definition) is 0. The standard InChI is InChI=1S/C5H12N2OS.H2O.H2S/c1-3-7-5-4-6(2)9(7)8;;/h3-5H2,1-2H3;2*1H2. The van der Waals surface area contributed by atoms with Crippen LogP contribution in [0.4, 0.5) is 0 Å². The summed E-state index contributed by atoms with van der Waals surface area (Å²) >= 11 is -0.839. The van der Waals surface area contributed by atoms with Crippen molar-refractivity contribution in [2.75, 3.05) is 26.7 Å². The van der Waals surface area contributed by atoms with Gasteiger partial charge in [-0.3, -0.25) is 0 Å². The van der Waals surface area contributed by atoms with Gasteiger partial charge in [0.15, 0.2) is 11.2 Å². The first-order valence-corrected chi connectivity index (χ1v) is 4.20. The summed E-state index contributed by atoms with van der Waals surface area (Å²) in [5.74, 6) is 0. The van der Waals surface area contributed by atoms with Gasteiger partial charge in [-0.2, -0.15) is 13.5 Å². The lowest BCUT2D eigenvalue weighted by molar-refractivity contribution is 0.502. The summed E-state index contributed by atoms with van der Waals surface area (Å²) in [6.45, 7) is 4.79. The first-order chi connectivity index (χ1) is 4.25. The van der Waals surface area contributed by atoms with Gasteiger partial charge in [-0.15, -0.1) is 0 Å². The third-order valence-corrected chi connectivity index (χ3v) is 3.10. The highest BCUT2D eigenvalue weighted by Crippen LogP contribution is 2.07. The van der Waals surface area contributed by atoms with Gasteiger partial charge in [0.2, 0.25) is 0 Å². The number of hydrogen-bond acceptors (Lipinski definition) is 1. The van der Waals surface area contributed by atoms with Crippen LogP contribution in [0, 0.1) is 0 Å². The fourth-order valence-corrected chi connectivity index (χ4v) is 1.97. The molecule has 1 aliphatic rings. The van der Waals surface area contributed by atoms with Gasteiger partial charge in [0.05, 0.1) is 0 Å². The second-order valence-electron chi connectivity index (χ2n) is 2.10. The predicted octanol–water partition coefficient (Wildman–Crippen LogP) is -0.879. The molecule has 0 spiro atoms. The van der Waals surface area contributed by atoms with Crippen LogP contribution in [-0.2, 0) is 11.2 Å². The van der Waals surface area contributed by atoms with Crippen LogP contribution in [0.3, 0.4) is 0 Å². The van der Waals surface area contributed by atoms with E-state index >= 15 is 0 Å². The van der Waals surface area contributed by atoms with Gasteiger partial charge >= 0.3 is 0 Å². The molecule has 0 aromatic heterocycles. The third kappa shape index (κ3) is 3.08. The van der Waals surface area contributed by atoms with E-state index in [2.05, 4.69) is 0 Å². The lowest BCUT2D eigenvalue weighted by atomic mass is 10.6. The highest BCUT2D eigenvalue weighted by atomic mass is 32.2. The molecule has 0 aliphatic carbocycles.